The maximum Gasteiger partial charge on any atom is 0.460 e. The van der Waals surface area contributed by atoms with Crippen molar-refractivity contribution in [3.8, 4) is 11.1 Å². The Morgan fingerprint density at radius 2 is 0.921 bits per heavy atom. The fourth-order valence-electron chi connectivity index (χ4n) is 3.22. The third-order valence-corrected chi connectivity index (χ3v) is 5.51. The molecule has 1 nitrogen and oxygen atoms in total. The third-order valence-electron chi connectivity index (χ3n) is 5.51. The van der Waals surface area contributed by atoms with E-state index in [0.717, 1.165) is 12.1 Å². The van der Waals surface area contributed by atoms with Gasteiger partial charge in [-0.05, 0) is 16.7 Å². The number of alkyl halides is 15. The first-order chi connectivity index (χ1) is 17.0. The fourth-order valence-corrected chi connectivity index (χ4v) is 3.22. The Morgan fingerprint density at radius 3 is 1.34 bits per heavy atom. The Labute approximate surface area is 204 Å². The molecule has 2 aromatic rings. The van der Waals surface area contributed by atoms with Crippen molar-refractivity contribution in [2.24, 2.45) is 0 Å². The van der Waals surface area contributed by atoms with Crippen LogP contribution >= 0.6 is 0 Å². The van der Waals surface area contributed by atoms with Crippen LogP contribution in [0.4, 0.5) is 65.9 Å². The van der Waals surface area contributed by atoms with E-state index in [4.69, 9.17) is 0 Å². The van der Waals surface area contributed by atoms with E-state index in [9.17, 15) is 65.9 Å². The van der Waals surface area contributed by atoms with Gasteiger partial charge >= 0.3 is 41.7 Å². The SMILES string of the molecule is COC(CC(F)(F)C(F)(F)C(F)(F)C(F)(F)C(F)(F)C(F)(F)C(F)(F)F)c1ccc(-c2ccccc2)cc1. The Hall–Kier alpha value is -2.65. The molecule has 0 fully saturated rings. The lowest BCUT2D eigenvalue weighted by molar-refractivity contribution is -0.453. The zero-order chi connectivity index (χ0) is 29.6. The second kappa shape index (κ2) is 9.83. The molecule has 0 amide bonds. The Balaban J connectivity index is 2.43. The molecule has 0 aliphatic carbocycles. The number of benzene rings is 2. The van der Waals surface area contributed by atoms with Gasteiger partial charge in [-0.15, -0.1) is 0 Å². The van der Waals surface area contributed by atoms with Gasteiger partial charge < -0.3 is 4.74 Å². The van der Waals surface area contributed by atoms with Crippen LogP contribution in [0.15, 0.2) is 54.6 Å². The van der Waals surface area contributed by atoms with E-state index < -0.39 is 59.8 Å². The average Bonchev–Trinajstić information content (AvgIpc) is 2.82. The van der Waals surface area contributed by atoms with E-state index in [1.165, 1.54) is 12.1 Å². The third kappa shape index (κ3) is 4.91. The molecule has 0 saturated carbocycles. The molecule has 1 unspecified atom stereocenters. The summed E-state index contributed by atoms with van der Waals surface area (Å²) in [4.78, 5) is 0. The van der Waals surface area contributed by atoms with Gasteiger partial charge in [0.1, 0.15) is 0 Å². The van der Waals surface area contributed by atoms with Gasteiger partial charge in [-0.2, -0.15) is 65.9 Å². The van der Waals surface area contributed by atoms with Gasteiger partial charge in [0.25, 0.3) is 0 Å². The molecule has 38 heavy (non-hydrogen) atoms. The van der Waals surface area contributed by atoms with Crippen molar-refractivity contribution in [1.29, 1.82) is 0 Å². The molecular weight excluding hydrogens is 565 g/mol. The molecular formula is C22H15F15O. The predicted molar refractivity (Wildman–Crippen MR) is 102 cm³/mol. The lowest BCUT2D eigenvalue weighted by Gasteiger charge is -2.42. The summed E-state index contributed by atoms with van der Waals surface area (Å²) in [5.41, 5.74) is 0.621. The number of hydrogen-bond donors (Lipinski definition) is 0. The van der Waals surface area contributed by atoms with E-state index in [2.05, 4.69) is 4.74 Å². The predicted octanol–water partition coefficient (Wildman–Crippen LogP) is 8.81. The van der Waals surface area contributed by atoms with Gasteiger partial charge in [0.15, 0.2) is 0 Å². The van der Waals surface area contributed by atoms with E-state index >= 15 is 0 Å². The van der Waals surface area contributed by atoms with Crippen LogP contribution in [0.3, 0.4) is 0 Å². The van der Waals surface area contributed by atoms with E-state index in [1.807, 2.05) is 0 Å². The summed E-state index contributed by atoms with van der Waals surface area (Å²) in [6, 6.07) is 12.6. The maximum atomic E-state index is 14.3. The number of methoxy groups -OCH3 is 1. The minimum Gasteiger partial charge on any atom is -0.377 e. The number of halogens is 15. The summed E-state index contributed by atoms with van der Waals surface area (Å²) < 4.78 is 205. The molecule has 214 valence electrons. The molecule has 0 radical (unpaired) electrons. The quantitative estimate of drug-likeness (QED) is 0.255. The summed E-state index contributed by atoms with van der Waals surface area (Å²) in [5, 5.41) is 0. The number of rotatable bonds is 10. The van der Waals surface area contributed by atoms with Crippen LogP contribution in [0.5, 0.6) is 0 Å². The van der Waals surface area contributed by atoms with Crippen molar-refractivity contribution in [3.05, 3.63) is 60.2 Å². The topological polar surface area (TPSA) is 9.23 Å². The van der Waals surface area contributed by atoms with Crippen LogP contribution in [0.2, 0.25) is 0 Å². The summed E-state index contributed by atoms with van der Waals surface area (Å²) in [5.74, 6) is -46.7. The van der Waals surface area contributed by atoms with E-state index in [-0.39, 0.29) is 0 Å². The lowest BCUT2D eigenvalue weighted by Crippen LogP contribution is -2.72. The van der Waals surface area contributed by atoms with Gasteiger partial charge in [-0.3, -0.25) is 0 Å². The van der Waals surface area contributed by atoms with Gasteiger partial charge in [0.2, 0.25) is 0 Å². The second-order valence-electron chi connectivity index (χ2n) is 7.99. The molecule has 0 saturated heterocycles. The highest BCUT2D eigenvalue weighted by Crippen LogP contribution is 2.63. The van der Waals surface area contributed by atoms with E-state index in [0.29, 0.717) is 18.2 Å². The van der Waals surface area contributed by atoms with Crippen LogP contribution in [-0.4, -0.2) is 48.8 Å². The molecule has 2 rings (SSSR count). The van der Waals surface area contributed by atoms with Gasteiger partial charge in [-0.1, -0.05) is 54.6 Å². The smallest absolute Gasteiger partial charge is 0.377 e. The molecule has 0 aromatic heterocycles. The lowest BCUT2D eigenvalue weighted by atomic mass is 9.88. The van der Waals surface area contributed by atoms with Gasteiger partial charge in [0.05, 0.1) is 6.10 Å². The van der Waals surface area contributed by atoms with Gasteiger partial charge in [0, 0.05) is 13.5 Å². The van der Waals surface area contributed by atoms with Crippen LogP contribution in [0, 0.1) is 0 Å². The van der Waals surface area contributed by atoms with Crippen molar-refractivity contribution in [3.63, 3.8) is 0 Å². The summed E-state index contributed by atoms with van der Waals surface area (Å²) >= 11 is 0. The largest absolute Gasteiger partial charge is 0.460 e. The molecule has 0 bridgehead atoms. The molecule has 0 spiro atoms. The highest BCUT2D eigenvalue weighted by Gasteiger charge is 2.93. The molecule has 2 aromatic carbocycles. The first kappa shape index (κ1) is 31.6. The minimum absolute atomic E-state index is 0.410. The molecule has 0 heterocycles. The zero-order valence-electron chi connectivity index (χ0n) is 18.6. The molecule has 0 aliphatic rings. The highest BCUT2D eigenvalue weighted by atomic mass is 19.4. The van der Waals surface area contributed by atoms with Crippen LogP contribution in [0.25, 0.3) is 11.1 Å². The Bertz CT molecular complexity index is 1080. The van der Waals surface area contributed by atoms with Crippen molar-refractivity contribution >= 4 is 0 Å². The normalized spacial score (nSPS) is 15.5. The second-order valence-corrected chi connectivity index (χ2v) is 7.99. The zero-order valence-corrected chi connectivity index (χ0v) is 18.6. The van der Waals surface area contributed by atoms with Crippen molar-refractivity contribution in [2.45, 2.75) is 54.2 Å². The summed E-state index contributed by atoms with van der Waals surface area (Å²) in [6.07, 6.45) is -12.5. The fraction of sp³-hybridized carbons (Fsp3) is 0.455. The number of hydrogen-bond acceptors (Lipinski definition) is 1. The minimum atomic E-state index is -8.31. The van der Waals surface area contributed by atoms with Gasteiger partial charge in [-0.25, -0.2) is 0 Å². The molecule has 0 aliphatic heterocycles. The first-order valence-corrected chi connectivity index (χ1v) is 10.0. The maximum absolute atomic E-state index is 14.3. The molecule has 1 atom stereocenters. The molecule has 0 N–H and O–H groups in total. The summed E-state index contributed by atoms with van der Waals surface area (Å²) in [7, 11) is 0.606. The molecule has 16 heteroatoms. The number of ether oxygens (including phenoxy) is 1. The Morgan fingerprint density at radius 1 is 0.526 bits per heavy atom. The van der Waals surface area contributed by atoms with Crippen LogP contribution < -0.4 is 0 Å². The standard InChI is InChI=1S/C22H15F15O/c1-38-15(14-9-7-13(8-10-14)12-5-3-2-4-6-12)11-16(23,24)17(25,26)18(27,28)19(29,30)20(31,32)21(33,34)22(35,36)37/h2-10,15H,11H2,1H3. The van der Waals surface area contributed by atoms with Crippen molar-refractivity contribution in [1.82, 2.24) is 0 Å². The van der Waals surface area contributed by atoms with Crippen molar-refractivity contribution in [2.75, 3.05) is 7.11 Å². The average molecular weight is 580 g/mol. The van der Waals surface area contributed by atoms with Crippen LogP contribution in [0.1, 0.15) is 18.1 Å². The van der Waals surface area contributed by atoms with Crippen molar-refractivity contribution < 1.29 is 70.6 Å². The van der Waals surface area contributed by atoms with E-state index in [1.54, 1.807) is 30.3 Å². The Kier molecular flexibility index (Phi) is 8.16. The monoisotopic (exact) mass is 580 g/mol. The highest BCUT2D eigenvalue weighted by molar-refractivity contribution is 5.63. The van der Waals surface area contributed by atoms with Crippen LogP contribution in [-0.2, 0) is 4.74 Å². The summed E-state index contributed by atoms with van der Waals surface area (Å²) in [6.45, 7) is 0. The first-order valence-electron chi connectivity index (χ1n) is 10.0.